The average molecular weight is 294 g/mol. The number of rotatable bonds is 6. The predicted molar refractivity (Wildman–Crippen MR) is 82.3 cm³/mol. The van der Waals surface area contributed by atoms with Crippen LogP contribution in [0.3, 0.4) is 0 Å². The largest absolute Gasteiger partial charge is 0.491 e. The molecule has 1 fully saturated rings. The third kappa shape index (κ3) is 5.63. The maximum Gasteiger partial charge on any atom is 0.119 e. The van der Waals surface area contributed by atoms with Crippen LogP contribution in [-0.2, 0) is 11.3 Å². The molecule has 0 aromatic heterocycles. The van der Waals surface area contributed by atoms with E-state index >= 15 is 0 Å². The lowest BCUT2D eigenvalue weighted by molar-refractivity contribution is 0.0440. The number of ether oxygens (including phenoxy) is 2. The van der Waals surface area contributed by atoms with Gasteiger partial charge in [0.2, 0.25) is 0 Å². The molecule has 118 valence electrons. The highest BCUT2D eigenvalue weighted by Gasteiger charge is 2.18. The van der Waals surface area contributed by atoms with Gasteiger partial charge in [-0.25, -0.2) is 0 Å². The first-order valence-electron chi connectivity index (χ1n) is 7.61. The maximum absolute atomic E-state index is 10.1. The number of nitrogens with zero attached hydrogens (tertiary/aromatic N) is 1. The van der Waals surface area contributed by atoms with E-state index in [9.17, 15) is 5.11 Å². The van der Waals surface area contributed by atoms with Crippen molar-refractivity contribution in [1.82, 2.24) is 4.90 Å². The van der Waals surface area contributed by atoms with Gasteiger partial charge in [-0.05, 0) is 31.0 Å². The van der Waals surface area contributed by atoms with Crippen molar-refractivity contribution in [3.63, 3.8) is 0 Å². The third-order valence-electron chi connectivity index (χ3n) is 3.58. The summed E-state index contributed by atoms with van der Waals surface area (Å²) in [6, 6.07) is 7.67. The quantitative estimate of drug-likeness (QED) is 0.819. The van der Waals surface area contributed by atoms with Gasteiger partial charge in [-0.15, -0.1) is 0 Å². The highest BCUT2D eigenvalue weighted by Crippen LogP contribution is 2.13. The lowest BCUT2D eigenvalue weighted by Crippen LogP contribution is -2.38. The second-order valence-corrected chi connectivity index (χ2v) is 5.61. The van der Waals surface area contributed by atoms with Crippen LogP contribution in [0.2, 0.25) is 0 Å². The molecular weight excluding hydrogens is 268 g/mol. The van der Waals surface area contributed by atoms with E-state index in [1.165, 1.54) is 0 Å². The summed E-state index contributed by atoms with van der Waals surface area (Å²) in [6.45, 7) is 6.09. The van der Waals surface area contributed by atoms with Gasteiger partial charge >= 0.3 is 0 Å². The zero-order valence-electron chi connectivity index (χ0n) is 12.7. The molecule has 1 aromatic carbocycles. The molecule has 5 heteroatoms. The van der Waals surface area contributed by atoms with E-state index in [2.05, 4.69) is 11.8 Å². The number of hydrogen-bond acceptors (Lipinski definition) is 5. The fraction of sp³-hybridized carbons (Fsp3) is 0.625. The van der Waals surface area contributed by atoms with Crippen LogP contribution in [0.4, 0.5) is 0 Å². The van der Waals surface area contributed by atoms with Crippen molar-refractivity contribution in [1.29, 1.82) is 0 Å². The van der Waals surface area contributed by atoms with Crippen LogP contribution in [0.5, 0.6) is 5.75 Å². The van der Waals surface area contributed by atoms with Crippen molar-refractivity contribution < 1.29 is 14.6 Å². The van der Waals surface area contributed by atoms with E-state index in [-0.39, 0.29) is 6.10 Å². The summed E-state index contributed by atoms with van der Waals surface area (Å²) >= 11 is 0. The average Bonchev–Trinajstić information content (AvgIpc) is 2.69. The Balaban J connectivity index is 1.77. The molecule has 0 bridgehead atoms. The minimum Gasteiger partial charge on any atom is -0.491 e. The summed E-state index contributed by atoms with van der Waals surface area (Å²) in [4.78, 5) is 2.24. The first-order chi connectivity index (χ1) is 10.2. The lowest BCUT2D eigenvalue weighted by Gasteiger charge is -2.24. The summed E-state index contributed by atoms with van der Waals surface area (Å²) in [5.74, 6) is 0.754. The summed E-state index contributed by atoms with van der Waals surface area (Å²) in [6.07, 6.45) is 0.731. The standard InChI is InChI=1S/C16H26N2O3/c1-13-10-18(6-3-7-20-13)11-15(19)12-21-16-5-2-4-14(8-16)9-17/h2,4-5,8,13,15,19H,3,6-7,9-12,17H2,1H3. The van der Waals surface area contributed by atoms with Crippen LogP contribution in [0.1, 0.15) is 18.9 Å². The predicted octanol–water partition coefficient (Wildman–Crippen LogP) is 0.996. The molecule has 0 aliphatic carbocycles. The normalized spacial score (nSPS) is 21.8. The Morgan fingerprint density at radius 3 is 3.19 bits per heavy atom. The molecule has 0 spiro atoms. The van der Waals surface area contributed by atoms with E-state index in [1.807, 2.05) is 24.3 Å². The molecule has 2 unspecified atom stereocenters. The molecule has 0 amide bonds. The number of hydrogen-bond donors (Lipinski definition) is 2. The topological polar surface area (TPSA) is 68.0 Å². The Morgan fingerprint density at radius 1 is 1.52 bits per heavy atom. The molecule has 1 heterocycles. The molecule has 1 saturated heterocycles. The number of nitrogens with two attached hydrogens (primary N) is 1. The van der Waals surface area contributed by atoms with Crippen LogP contribution in [0.25, 0.3) is 0 Å². The lowest BCUT2D eigenvalue weighted by atomic mass is 10.2. The zero-order valence-corrected chi connectivity index (χ0v) is 12.7. The molecule has 2 atom stereocenters. The van der Waals surface area contributed by atoms with Gasteiger partial charge in [0.25, 0.3) is 0 Å². The Bertz CT molecular complexity index is 428. The molecule has 1 aromatic rings. The second-order valence-electron chi connectivity index (χ2n) is 5.61. The van der Waals surface area contributed by atoms with Gasteiger partial charge in [0, 0.05) is 32.8 Å². The van der Waals surface area contributed by atoms with Crippen LogP contribution in [0.15, 0.2) is 24.3 Å². The Morgan fingerprint density at radius 2 is 2.38 bits per heavy atom. The van der Waals surface area contributed by atoms with E-state index in [4.69, 9.17) is 15.2 Å². The fourth-order valence-electron chi connectivity index (χ4n) is 2.55. The van der Waals surface area contributed by atoms with E-state index in [0.717, 1.165) is 37.4 Å². The summed E-state index contributed by atoms with van der Waals surface area (Å²) in [5.41, 5.74) is 6.63. The first-order valence-corrected chi connectivity index (χ1v) is 7.61. The van der Waals surface area contributed by atoms with Gasteiger partial charge in [0.1, 0.15) is 18.5 Å². The van der Waals surface area contributed by atoms with Crippen LogP contribution < -0.4 is 10.5 Å². The van der Waals surface area contributed by atoms with Crippen molar-refractivity contribution >= 4 is 0 Å². The van der Waals surface area contributed by atoms with Crippen LogP contribution >= 0.6 is 0 Å². The minimum absolute atomic E-state index is 0.224. The van der Waals surface area contributed by atoms with Crippen LogP contribution in [-0.4, -0.2) is 55.1 Å². The zero-order chi connectivity index (χ0) is 15.1. The summed E-state index contributed by atoms with van der Waals surface area (Å²) in [5, 5.41) is 10.1. The van der Waals surface area contributed by atoms with Crippen molar-refractivity contribution in [2.45, 2.75) is 32.1 Å². The second kappa shape index (κ2) is 8.34. The molecule has 2 rings (SSSR count). The number of benzene rings is 1. The minimum atomic E-state index is -0.503. The first kappa shape index (κ1) is 16.2. The van der Waals surface area contributed by atoms with Crippen molar-refractivity contribution in [3.8, 4) is 5.75 Å². The number of β-amino-alcohol motifs (C(OH)–C–C–N with tert-alkyl or cyclic N) is 1. The van der Waals surface area contributed by atoms with Crippen LogP contribution in [0, 0.1) is 0 Å². The summed E-state index contributed by atoms with van der Waals surface area (Å²) < 4.78 is 11.2. The molecule has 0 radical (unpaired) electrons. The maximum atomic E-state index is 10.1. The molecular formula is C16H26N2O3. The molecule has 21 heavy (non-hydrogen) atoms. The number of aliphatic hydroxyl groups is 1. The number of aliphatic hydroxyl groups excluding tert-OH is 1. The highest BCUT2D eigenvalue weighted by atomic mass is 16.5. The van der Waals surface area contributed by atoms with Gasteiger partial charge in [-0.1, -0.05) is 12.1 Å². The van der Waals surface area contributed by atoms with Gasteiger partial charge in [0.05, 0.1) is 6.10 Å². The van der Waals surface area contributed by atoms with E-state index in [0.29, 0.717) is 19.7 Å². The SMILES string of the molecule is CC1CN(CC(O)COc2cccc(CN)c2)CCCO1. The molecule has 0 saturated carbocycles. The van der Waals surface area contributed by atoms with E-state index in [1.54, 1.807) is 0 Å². The highest BCUT2D eigenvalue weighted by molar-refractivity contribution is 5.28. The molecule has 1 aliphatic rings. The van der Waals surface area contributed by atoms with Crippen molar-refractivity contribution in [2.24, 2.45) is 5.73 Å². The van der Waals surface area contributed by atoms with Gasteiger partial charge in [-0.2, -0.15) is 0 Å². The molecule has 1 aliphatic heterocycles. The Hall–Kier alpha value is -1.14. The fourth-order valence-corrected chi connectivity index (χ4v) is 2.55. The van der Waals surface area contributed by atoms with E-state index < -0.39 is 6.10 Å². The summed E-state index contributed by atoms with van der Waals surface area (Å²) in [7, 11) is 0. The third-order valence-corrected chi connectivity index (χ3v) is 3.58. The smallest absolute Gasteiger partial charge is 0.119 e. The monoisotopic (exact) mass is 294 g/mol. The van der Waals surface area contributed by atoms with Crippen molar-refractivity contribution in [2.75, 3.05) is 32.8 Å². The van der Waals surface area contributed by atoms with Gasteiger partial charge in [-0.3, -0.25) is 4.90 Å². The Kier molecular flexibility index (Phi) is 6.45. The van der Waals surface area contributed by atoms with Crippen molar-refractivity contribution in [3.05, 3.63) is 29.8 Å². The van der Waals surface area contributed by atoms with Gasteiger partial charge in [0.15, 0.2) is 0 Å². The van der Waals surface area contributed by atoms with Gasteiger partial charge < -0.3 is 20.3 Å². The molecule has 5 nitrogen and oxygen atoms in total. The molecule has 3 N–H and O–H groups in total. The Labute approximate surface area is 126 Å².